The molecular formula is C42H52B2N2O8. The maximum absolute atomic E-state index is 10.8. The van der Waals surface area contributed by atoms with Crippen LogP contribution in [0.5, 0.6) is 11.5 Å². The van der Waals surface area contributed by atoms with E-state index in [1.54, 1.807) is 12.4 Å². The number of aliphatic hydroxyl groups excluding tert-OH is 2. The Balaban J connectivity index is 0.000000167. The molecule has 0 unspecified atom stereocenters. The van der Waals surface area contributed by atoms with Crippen molar-refractivity contribution in [2.45, 2.75) is 103 Å². The summed E-state index contributed by atoms with van der Waals surface area (Å²) < 4.78 is 36.4. The van der Waals surface area contributed by atoms with E-state index in [1.807, 2.05) is 128 Å². The summed E-state index contributed by atoms with van der Waals surface area (Å²) in [6, 6.07) is 23.3. The van der Waals surface area contributed by atoms with E-state index in [0.29, 0.717) is 37.6 Å². The number of aromatic nitrogens is 2. The molecule has 0 bridgehead atoms. The molecule has 2 aromatic carbocycles. The Labute approximate surface area is 319 Å². The van der Waals surface area contributed by atoms with E-state index in [-0.39, 0.29) is 34.2 Å². The van der Waals surface area contributed by atoms with Crippen molar-refractivity contribution in [3.63, 3.8) is 0 Å². The van der Waals surface area contributed by atoms with Crippen LogP contribution in [0.4, 0.5) is 0 Å². The number of aliphatic hydroxyl groups is 2. The first-order valence-electron chi connectivity index (χ1n) is 18.9. The number of pyridine rings is 2. The third-order valence-electron chi connectivity index (χ3n) is 12.0. The largest absolute Gasteiger partial charge is 0.494 e. The first kappa shape index (κ1) is 38.5. The molecule has 4 aliphatic rings. The van der Waals surface area contributed by atoms with Crippen LogP contribution in [0.25, 0.3) is 0 Å². The van der Waals surface area contributed by atoms with Crippen molar-refractivity contribution in [3.8, 4) is 11.5 Å². The number of rotatable bonds is 6. The Morgan fingerprint density at radius 3 is 1.26 bits per heavy atom. The van der Waals surface area contributed by atoms with Crippen molar-refractivity contribution >= 4 is 25.2 Å². The summed E-state index contributed by atoms with van der Waals surface area (Å²) in [7, 11) is -0.875. The van der Waals surface area contributed by atoms with Crippen LogP contribution in [-0.4, -0.2) is 70.0 Å². The Morgan fingerprint density at radius 1 is 0.556 bits per heavy atom. The average molecular weight is 735 g/mol. The zero-order chi connectivity index (χ0) is 38.5. The van der Waals surface area contributed by atoms with Crippen LogP contribution in [0.2, 0.25) is 0 Å². The van der Waals surface area contributed by atoms with E-state index >= 15 is 0 Å². The average Bonchev–Trinajstić information content (AvgIpc) is 3.50. The van der Waals surface area contributed by atoms with Crippen LogP contribution in [0.1, 0.15) is 90.1 Å². The third-order valence-corrected chi connectivity index (χ3v) is 12.0. The van der Waals surface area contributed by atoms with Gasteiger partial charge in [-0.3, -0.25) is 9.97 Å². The van der Waals surface area contributed by atoms with Crippen LogP contribution >= 0.6 is 0 Å². The van der Waals surface area contributed by atoms with Crippen molar-refractivity contribution < 1.29 is 38.3 Å². The van der Waals surface area contributed by atoms with Gasteiger partial charge in [0.2, 0.25) is 0 Å². The molecule has 8 rings (SSSR count). The molecule has 0 radical (unpaired) electrons. The molecule has 0 amide bonds. The predicted octanol–water partition coefficient (Wildman–Crippen LogP) is 5.33. The number of benzene rings is 2. The van der Waals surface area contributed by atoms with Crippen LogP contribution in [0.15, 0.2) is 85.2 Å². The summed E-state index contributed by atoms with van der Waals surface area (Å²) in [6.07, 6.45) is 3.75. The fourth-order valence-corrected chi connectivity index (χ4v) is 7.09. The molecule has 4 aromatic rings. The van der Waals surface area contributed by atoms with Gasteiger partial charge in [-0.25, -0.2) is 0 Å². The van der Waals surface area contributed by atoms with Gasteiger partial charge in [-0.2, -0.15) is 0 Å². The minimum atomic E-state index is -0.580. The van der Waals surface area contributed by atoms with E-state index in [4.69, 9.17) is 28.1 Å². The lowest BCUT2D eigenvalue weighted by molar-refractivity contribution is 0.00578. The Morgan fingerprint density at radius 2 is 0.926 bits per heavy atom. The van der Waals surface area contributed by atoms with Gasteiger partial charge in [-0.05, 0) is 116 Å². The van der Waals surface area contributed by atoms with Crippen molar-refractivity contribution in [1.29, 1.82) is 0 Å². The second kappa shape index (κ2) is 14.7. The summed E-state index contributed by atoms with van der Waals surface area (Å²) >= 11 is 0. The fraction of sp³-hybridized carbons (Fsp3) is 0.476. The smallest absolute Gasteiger partial charge is 0.493 e. The molecule has 6 heterocycles. The van der Waals surface area contributed by atoms with Gasteiger partial charge in [0.05, 0.1) is 47.8 Å². The normalized spacial score (nSPS) is 25.7. The monoisotopic (exact) mass is 734 g/mol. The van der Waals surface area contributed by atoms with Gasteiger partial charge in [-0.15, -0.1) is 0 Å². The molecule has 4 aliphatic heterocycles. The van der Waals surface area contributed by atoms with Crippen molar-refractivity contribution in [3.05, 3.63) is 108 Å². The zero-order valence-electron chi connectivity index (χ0n) is 32.6. The van der Waals surface area contributed by atoms with Gasteiger partial charge in [-0.1, -0.05) is 36.4 Å². The maximum Gasteiger partial charge on any atom is 0.494 e. The molecule has 4 atom stereocenters. The molecule has 2 saturated heterocycles. The second-order valence-electron chi connectivity index (χ2n) is 16.9. The molecular weight excluding hydrogens is 682 g/mol. The summed E-state index contributed by atoms with van der Waals surface area (Å²) in [5.74, 6) is 1.36. The van der Waals surface area contributed by atoms with E-state index in [2.05, 4.69) is 9.97 Å². The van der Waals surface area contributed by atoms with E-state index in [0.717, 1.165) is 33.4 Å². The lowest BCUT2D eigenvalue weighted by atomic mass is 9.77. The topological polar surface area (TPSA) is 122 Å². The van der Waals surface area contributed by atoms with Crippen molar-refractivity contribution in [2.24, 2.45) is 11.8 Å². The molecule has 10 nitrogen and oxygen atoms in total. The maximum atomic E-state index is 10.8. The summed E-state index contributed by atoms with van der Waals surface area (Å²) in [5.41, 5.74) is 3.80. The second-order valence-corrected chi connectivity index (χ2v) is 16.9. The van der Waals surface area contributed by atoms with Gasteiger partial charge in [0.15, 0.2) is 0 Å². The Bertz CT molecular complexity index is 1760. The summed E-state index contributed by atoms with van der Waals surface area (Å²) in [4.78, 5) is 8.71. The van der Waals surface area contributed by atoms with Gasteiger partial charge >= 0.3 is 14.2 Å². The summed E-state index contributed by atoms with van der Waals surface area (Å²) in [5, 5.41) is 21.7. The van der Waals surface area contributed by atoms with Gasteiger partial charge in [0.1, 0.15) is 11.5 Å². The fourth-order valence-electron chi connectivity index (χ4n) is 7.09. The molecule has 54 heavy (non-hydrogen) atoms. The standard InChI is InChI=1S/2C21H26BNO4/c2*1-20(2)21(3,4)27-22(26-20)15-8-9-17-18(12-15)25-13-14(19(17)24)11-16-7-5-6-10-23-16/h2*5-10,12,14,19,24H,11,13H2,1-4H3/t2*14-,19+/m10/s1. The van der Waals surface area contributed by atoms with E-state index < -0.39 is 26.4 Å². The molecule has 2 N–H and O–H groups in total. The quantitative estimate of drug-likeness (QED) is 0.252. The minimum absolute atomic E-state index is 0.0184. The highest BCUT2D eigenvalue weighted by Gasteiger charge is 2.53. The van der Waals surface area contributed by atoms with E-state index in [9.17, 15) is 10.2 Å². The zero-order valence-corrected chi connectivity index (χ0v) is 32.6. The summed E-state index contributed by atoms with van der Waals surface area (Å²) in [6.45, 7) is 17.2. The SMILES string of the molecule is CC1(C)OB(c2ccc3c(c2)OC[C@@H](Cc2ccccn2)[C@@H]3O)OC1(C)C.CC1(C)OB(c2ccc3c(c2)OC[C@H](Cc2ccccn2)[C@H]3O)OC1(C)C. The first-order valence-corrected chi connectivity index (χ1v) is 18.9. The number of ether oxygens (including phenoxy) is 2. The minimum Gasteiger partial charge on any atom is -0.493 e. The van der Waals surface area contributed by atoms with Gasteiger partial charge in [0.25, 0.3) is 0 Å². The molecule has 2 aromatic heterocycles. The number of hydrogen-bond donors (Lipinski definition) is 2. The van der Waals surface area contributed by atoms with Crippen LogP contribution in [0.3, 0.4) is 0 Å². The van der Waals surface area contributed by atoms with Crippen molar-refractivity contribution in [1.82, 2.24) is 9.97 Å². The predicted molar refractivity (Wildman–Crippen MR) is 208 cm³/mol. The number of hydrogen-bond acceptors (Lipinski definition) is 10. The number of fused-ring (bicyclic) bond motifs is 2. The van der Waals surface area contributed by atoms with Crippen LogP contribution in [0, 0.1) is 11.8 Å². The van der Waals surface area contributed by atoms with Crippen molar-refractivity contribution in [2.75, 3.05) is 13.2 Å². The molecule has 284 valence electrons. The van der Waals surface area contributed by atoms with Gasteiger partial charge < -0.3 is 38.3 Å². The molecule has 2 fully saturated rings. The Hall–Kier alpha value is -3.77. The highest BCUT2D eigenvalue weighted by atomic mass is 16.7. The Kier molecular flexibility index (Phi) is 10.5. The lowest BCUT2D eigenvalue weighted by Crippen LogP contribution is -2.41. The molecule has 0 saturated carbocycles. The third kappa shape index (κ3) is 7.70. The molecule has 12 heteroatoms. The van der Waals surface area contributed by atoms with Crippen LogP contribution < -0.4 is 20.4 Å². The highest BCUT2D eigenvalue weighted by molar-refractivity contribution is 6.62. The lowest BCUT2D eigenvalue weighted by Gasteiger charge is -2.32. The number of nitrogens with zero attached hydrogens (tertiary/aromatic N) is 2. The van der Waals surface area contributed by atoms with Gasteiger partial charge in [0, 0.05) is 46.7 Å². The van der Waals surface area contributed by atoms with Crippen LogP contribution in [-0.2, 0) is 31.5 Å². The molecule has 0 spiro atoms. The first-order chi connectivity index (χ1) is 25.5. The highest BCUT2D eigenvalue weighted by Crippen LogP contribution is 2.41. The molecule has 0 aliphatic carbocycles. The van der Waals surface area contributed by atoms with E-state index in [1.165, 1.54) is 0 Å².